The second kappa shape index (κ2) is 4.30. The van der Waals surface area contributed by atoms with Gasteiger partial charge in [0.15, 0.2) is 0 Å². The topological polar surface area (TPSA) is 61.8 Å². The fourth-order valence-corrected chi connectivity index (χ4v) is 3.16. The Morgan fingerprint density at radius 2 is 2.15 bits per heavy atom. The van der Waals surface area contributed by atoms with E-state index in [2.05, 4.69) is 29.1 Å². The Bertz CT molecular complexity index is 596. The van der Waals surface area contributed by atoms with E-state index in [0.717, 1.165) is 43.0 Å². The van der Waals surface area contributed by atoms with Gasteiger partial charge in [-0.15, -0.1) is 0 Å². The molecule has 0 spiro atoms. The van der Waals surface area contributed by atoms with Gasteiger partial charge in [-0.3, -0.25) is 14.6 Å². The first-order chi connectivity index (χ1) is 9.40. The Labute approximate surface area is 118 Å². The van der Waals surface area contributed by atoms with Crippen LogP contribution in [0.2, 0.25) is 0 Å². The van der Waals surface area contributed by atoms with Crippen LogP contribution in [-0.4, -0.2) is 41.9 Å². The number of hydrogen-bond acceptors (Lipinski definition) is 4. The zero-order valence-corrected chi connectivity index (χ0v) is 12.1. The number of amides is 1. The highest BCUT2D eigenvalue weighted by Gasteiger charge is 2.43. The number of hydrogen-bond donors (Lipinski definition) is 1. The van der Waals surface area contributed by atoms with Gasteiger partial charge in [-0.25, -0.2) is 0 Å². The third-order valence-electron chi connectivity index (χ3n) is 4.19. The number of nitrogens with one attached hydrogen (secondary N) is 1. The molecule has 1 N–H and O–H groups in total. The smallest absolute Gasteiger partial charge is 0.221 e. The van der Waals surface area contributed by atoms with Crippen molar-refractivity contribution in [1.82, 2.24) is 10.2 Å². The molecule has 5 heteroatoms. The van der Waals surface area contributed by atoms with Crippen LogP contribution in [-0.2, 0) is 9.59 Å². The van der Waals surface area contributed by atoms with Crippen LogP contribution in [0.4, 0.5) is 0 Å². The molecule has 3 aliphatic rings. The van der Waals surface area contributed by atoms with Gasteiger partial charge in [0, 0.05) is 25.6 Å². The number of rotatable bonds is 1. The molecule has 0 fully saturated rings. The van der Waals surface area contributed by atoms with Crippen molar-refractivity contribution in [3.63, 3.8) is 0 Å². The highest BCUT2D eigenvalue weighted by atomic mass is 16.2. The zero-order chi connectivity index (χ0) is 14.5. The highest BCUT2D eigenvalue weighted by Crippen LogP contribution is 2.42. The molecule has 0 unspecified atom stereocenters. The van der Waals surface area contributed by atoms with Crippen molar-refractivity contribution in [3.8, 4) is 0 Å². The minimum atomic E-state index is -0.226. The number of aliphatic imine (C=N–C) groups is 1. The monoisotopic (exact) mass is 273 g/mol. The molecule has 2 aliphatic heterocycles. The molecule has 0 saturated heterocycles. The molecule has 0 atom stereocenters. The van der Waals surface area contributed by atoms with Crippen LogP contribution in [0, 0.1) is 5.41 Å². The molecule has 1 amide bonds. The Morgan fingerprint density at radius 3 is 2.85 bits per heavy atom. The summed E-state index contributed by atoms with van der Waals surface area (Å²) in [6, 6.07) is 0. The number of allylic oxidation sites excluding steroid dienone is 2. The first kappa shape index (κ1) is 13.1. The molecule has 0 saturated carbocycles. The van der Waals surface area contributed by atoms with Crippen LogP contribution in [0.15, 0.2) is 28.0 Å². The Kier molecular flexibility index (Phi) is 2.81. The van der Waals surface area contributed by atoms with Crippen LogP contribution < -0.4 is 5.32 Å². The van der Waals surface area contributed by atoms with Crippen LogP contribution >= 0.6 is 0 Å². The van der Waals surface area contributed by atoms with Gasteiger partial charge in [0.05, 0.1) is 23.7 Å². The first-order valence-electron chi connectivity index (χ1n) is 6.99. The summed E-state index contributed by atoms with van der Waals surface area (Å²) in [5.74, 6) is -0.290. The van der Waals surface area contributed by atoms with Gasteiger partial charge < -0.3 is 10.2 Å². The SMILES string of the molecule is CC(=O)NC1=CC2=NCCN3CCC(C)(C)C(=C23)C1=O. The molecule has 0 aromatic carbocycles. The Morgan fingerprint density at radius 1 is 1.40 bits per heavy atom. The van der Waals surface area contributed by atoms with Gasteiger partial charge in [0.1, 0.15) is 0 Å². The number of carbonyl (C=O) groups is 2. The summed E-state index contributed by atoms with van der Waals surface area (Å²) < 4.78 is 0. The third kappa shape index (κ3) is 1.88. The molecule has 0 radical (unpaired) electrons. The van der Waals surface area contributed by atoms with Crippen molar-refractivity contribution in [1.29, 1.82) is 0 Å². The maximum Gasteiger partial charge on any atom is 0.221 e. The van der Waals surface area contributed by atoms with Crippen LogP contribution in [0.25, 0.3) is 0 Å². The van der Waals surface area contributed by atoms with E-state index in [1.54, 1.807) is 6.08 Å². The minimum absolute atomic E-state index is 0.0641. The van der Waals surface area contributed by atoms with E-state index in [1.165, 1.54) is 6.92 Å². The van der Waals surface area contributed by atoms with Crippen LogP contribution in [0.1, 0.15) is 27.2 Å². The fraction of sp³-hybridized carbons (Fsp3) is 0.533. The third-order valence-corrected chi connectivity index (χ3v) is 4.19. The van der Waals surface area contributed by atoms with Gasteiger partial charge in [-0.1, -0.05) is 13.8 Å². The molecular weight excluding hydrogens is 254 g/mol. The predicted octanol–water partition coefficient (Wildman–Crippen LogP) is 1.03. The number of Topliss-reactive ketones (excluding diaryl/α,β-unsaturated/α-hetero) is 1. The molecule has 3 rings (SSSR count). The lowest BCUT2D eigenvalue weighted by Crippen LogP contribution is -2.48. The summed E-state index contributed by atoms with van der Waals surface area (Å²) in [6.45, 7) is 8.17. The molecule has 5 nitrogen and oxygen atoms in total. The molecule has 0 aromatic rings. The van der Waals surface area contributed by atoms with Crippen molar-refractivity contribution < 1.29 is 9.59 Å². The number of nitrogens with zero attached hydrogens (tertiary/aromatic N) is 2. The molecule has 0 aromatic heterocycles. The second-order valence-electron chi connectivity index (χ2n) is 6.18. The second-order valence-corrected chi connectivity index (χ2v) is 6.18. The van der Waals surface area contributed by atoms with E-state index in [-0.39, 0.29) is 17.1 Å². The molecule has 2 heterocycles. The summed E-state index contributed by atoms with van der Waals surface area (Å²) in [5, 5.41) is 2.64. The van der Waals surface area contributed by atoms with Gasteiger partial charge in [0.2, 0.25) is 11.7 Å². The van der Waals surface area contributed by atoms with Crippen molar-refractivity contribution in [2.45, 2.75) is 27.2 Å². The van der Waals surface area contributed by atoms with Gasteiger partial charge in [0.25, 0.3) is 0 Å². The summed E-state index contributed by atoms with van der Waals surface area (Å²) in [6.07, 6.45) is 2.66. The highest BCUT2D eigenvalue weighted by molar-refractivity contribution is 6.25. The first-order valence-corrected chi connectivity index (χ1v) is 6.99. The summed E-state index contributed by atoms with van der Waals surface area (Å²) >= 11 is 0. The van der Waals surface area contributed by atoms with Gasteiger partial charge in [-0.2, -0.15) is 0 Å². The average molecular weight is 273 g/mol. The summed E-state index contributed by atoms with van der Waals surface area (Å²) in [7, 11) is 0. The summed E-state index contributed by atoms with van der Waals surface area (Å²) in [4.78, 5) is 30.8. The minimum Gasteiger partial charge on any atom is -0.368 e. The van der Waals surface area contributed by atoms with E-state index >= 15 is 0 Å². The van der Waals surface area contributed by atoms with E-state index in [0.29, 0.717) is 5.70 Å². The predicted molar refractivity (Wildman–Crippen MR) is 76.2 cm³/mol. The van der Waals surface area contributed by atoms with Gasteiger partial charge in [-0.05, 0) is 17.9 Å². The number of carbonyl (C=O) groups excluding carboxylic acids is 2. The maximum atomic E-state index is 12.7. The van der Waals surface area contributed by atoms with Crippen LogP contribution in [0.5, 0.6) is 0 Å². The summed E-state index contributed by atoms with van der Waals surface area (Å²) in [5.41, 5.74) is 2.79. The van der Waals surface area contributed by atoms with E-state index < -0.39 is 0 Å². The Balaban J connectivity index is 2.14. The fourth-order valence-electron chi connectivity index (χ4n) is 3.16. The number of ketones is 1. The largest absolute Gasteiger partial charge is 0.368 e. The lowest BCUT2D eigenvalue weighted by molar-refractivity contribution is -0.121. The zero-order valence-electron chi connectivity index (χ0n) is 12.1. The van der Waals surface area contributed by atoms with E-state index in [1.807, 2.05) is 0 Å². The molecule has 106 valence electrons. The maximum absolute atomic E-state index is 12.7. The average Bonchev–Trinajstić information content (AvgIpc) is 2.36. The van der Waals surface area contributed by atoms with Crippen molar-refractivity contribution in [3.05, 3.63) is 23.0 Å². The van der Waals surface area contributed by atoms with Gasteiger partial charge >= 0.3 is 0 Å². The molecule has 1 aliphatic carbocycles. The lowest BCUT2D eigenvalue weighted by atomic mass is 9.72. The molecular formula is C15H19N3O2. The normalized spacial score (nSPS) is 23.9. The molecule has 20 heavy (non-hydrogen) atoms. The van der Waals surface area contributed by atoms with E-state index in [9.17, 15) is 9.59 Å². The van der Waals surface area contributed by atoms with Crippen LogP contribution in [0.3, 0.4) is 0 Å². The lowest BCUT2D eigenvalue weighted by Gasteiger charge is -2.44. The quantitative estimate of drug-likeness (QED) is 0.726. The van der Waals surface area contributed by atoms with Crippen molar-refractivity contribution in [2.75, 3.05) is 19.6 Å². The van der Waals surface area contributed by atoms with Crippen molar-refractivity contribution >= 4 is 17.4 Å². The van der Waals surface area contributed by atoms with E-state index in [4.69, 9.17) is 0 Å². The standard InChI is InChI=1S/C15H19N3O2/c1-9(19)17-11-8-10-13-12(14(11)20)15(2,3)4-6-18(13)7-5-16-10/h8H,4-7H2,1-3H3,(H,17,19). The Hall–Kier alpha value is -1.91. The molecule has 0 bridgehead atoms. The van der Waals surface area contributed by atoms with Crippen molar-refractivity contribution in [2.24, 2.45) is 10.4 Å².